The standard InChI is InChI=1S/C26H36N2O2/c1-6-25(30-24-15-19(3)14-20(4)16-24)26(29)27-21(5)22-9-11-23(12-10-22)28-13-7-8-18(2)17-28/h9-12,14-16,18,21,25H,6-8,13,17H2,1-5H3,(H,27,29). The molecule has 1 aliphatic rings. The van der Waals surface area contributed by atoms with Crippen molar-refractivity contribution in [2.45, 2.75) is 66.0 Å². The molecule has 2 aromatic carbocycles. The number of carbonyl (C=O) groups excluding carboxylic acids is 1. The van der Waals surface area contributed by atoms with Gasteiger partial charge >= 0.3 is 0 Å². The van der Waals surface area contributed by atoms with E-state index in [1.807, 2.05) is 39.8 Å². The number of rotatable bonds is 7. The second-order valence-corrected chi connectivity index (χ2v) is 8.85. The van der Waals surface area contributed by atoms with Crippen LogP contribution in [-0.4, -0.2) is 25.1 Å². The predicted molar refractivity (Wildman–Crippen MR) is 124 cm³/mol. The van der Waals surface area contributed by atoms with Crippen LogP contribution >= 0.6 is 0 Å². The fourth-order valence-electron chi connectivity index (χ4n) is 4.27. The van der Waals surface area contributed by atoms with E-state index in [1.54, 1.807) is 0 Å². The lowest BCUT2D eigenvalue weighted by Crippen LogP contribution is -2.39. The van der Waals surface area contributed by atoms with Gasteiger partial charge in [0.25, 0.3) is 5.91 Å². The molecule has 162 valence electrons. The van der Waals surface area contributed by atoms with Gasteiger partial charge < -0.3 is 15.0 Å². The van der Waals surface area contributed by atoms with Crippen LogP contribution in [0.2, 0.25) is 0 Å². The molecule has 0 radical (unpaired) electrons. The number of amides is 1. The van der Waals surface area contributed by atoms with Gasteiger partial charge in [0.05, 0.1) is 6.04 Å². The molecule has 0 aromatic heterocycles. The highest BCUT2D eigenvalue weighted by molar-refractivity contribution is 5.81. The molecule has 30 heavy (non-hydrogen) atoms. The molecule has 3 rings (SSSR count). The van der Waals surface area contributed by atoms with Gasteiger partial charge in [-0.15, -0.1) is 0 Å². The molecular weight excluding hydrogens is 372 g/mol. The van der Waals surface area contributed by atoms with E-state index < -0.39 is 6.10 Å². The van der Waals surface area contributed by atoms with Crippen molar-refractivity contribution in [3.63, 3.8) is 0 Å². The first-order valence-corrected chi connectivity index (χ1v) is 11.3. The Morgan fingerprint density at radius 3 is 2.43 bits per heavy atom. The average molecular weight is 409 g/mol. The van der Waals surface area contributed by atoms with E-state index in [0.29, 0.717) is 6.42 Å². The molecule has 3 unspecified atom stereocenters. The molecule has 4 heteroatoms. The summed E-state index contributed by atoms with van der Waals surface area (Å²) in [4.78, 5) is 15.3. The zero-order chi connectivity index (χ0) is 21.7. The maximum absolute atomic E-state index is 12.8. The Kier molecular flexibility index (Phi) is 7.41. The molecule has 0 aliphatic carbocycles. The van der Waals surface area contributed by atoms with Crippen LogP contribution in [-0.2, 0) is 4.79 Å². The largest absolute Gasteiger partial charge is 0.481 e. The van der Waals surface area contributed by atoms with Gasteiger partial charge in [-0.05, 0) is 86.9 Å². The highest BCUT2D eigenvalue weighted by Gasteiger charge is 2.21. The number of nitrogens with one attached hydrogen (secondary N) is 1. The van der Waals surface area contributed by atoms with Crippen LogP contribution in [0.25, 0.3) is 0 Å². The maximum Gasteiger partial charge on any atom is 0.261 e. The van der Waals surface area contributed by atoms with Crippen LogP contribution in [0.15, 0.2) is 42.5 Å². The summed E-state index contributed by atoms with van der Waals surface area (Å²) in [5.41, 5.74) is 4.65. The number of aryl methyl sites for hydroxylation is 2. The summed E-state index contributed by atoms with van der Waals surface area (Å²) in [5, 5.41) is 3.13. The molecule has 1 N–H and O–H groups in total. The Morgan fingerprint density at radius 2 is 1.83 bits per heavy atom. The van der Waals surface area contributed by atoms with E-state index in [-0.39, 0.29) is 11.9 Å². The highest BCUT2D eigenvalue weighted by Crippen LogP contribution is 2.25. The molecular formula is C26H36N2O2. The lowest BCUT2D eigenvalue weighted by Gasteiger charge is -2.33. The molecule has 4 nitrogen and oxygen atoms in total. The van der Waals surface area contributed by atoms with Gasteiger partial charge in [0.2, 0.25) is 0 Å². The topological polar surface area (TPSA) is 41.6 Å². The second kappa shape index (κ2) is 10.0. The first-order chi connectivity index (χ1) is 14.4. The molecule has 0 spiro atoms. The molecule has 0 bridgehead atoms. The van der Waals surface area contributed by atoms with Gasteiger partial charge in [-0.25, -0.2) is 0 Å². The smallest absolute Gasteiger partial charge is 0.261 e. The van der Waals surface area contributed by atoms with Crippen molar-refractivity contribution in [2.24, 2.45) is 5.92 Å². The normalized spacial score (nSPS) is 18.6. The van der Waals surface area contributed by atoms with E-state index in [4.69, 9.17) is 4.74 Å². The van der Waals surface area contributed by atoms with Crippen molar-refractivity contribution in [3.05, 3.63) is 59.2 Å². The van der Waals surface area contributed by atoms with Crippen LogP contribution in [0.4, 0.5) is 5.69 Å². The molecule has 1 saturated heterocycles. The van der Waals surface area contributed by atoms with Gasteiger partial charge in [-0.3, -0.25) is 4.79 Å². The number of hydrogen-bond acceptors (Lipinski definition) is 3. The SMILES string of the molecule is CCC(Oc1cc(C)cc(C)c1)C(=O)NC(C)c1ccc(N2CCCC(C)C2)cc1. The van der Waals surface area contributed by atoms with Crippen molar-refractivity contribution in [2.75, 3.05) is 18.0 Å². The lowest BCUT2D eigenvalue weighted by atomic mass is 9.99. The zero-order valence-corrected chi connectivity index (χ0v) is 19.1. The fraction of sp³-hybridized carbons (Fsp3) is 0.500. The van der Waals surface area contributed by atoms with Crippen LogP contribution in [0.3, 0.4) is 0 Å². The number of hydrogen-bond donors (Lipinski definition) is 1. The molecule has 3 atom stereocenters. The molecule has 1 heterocycles. The van der Waals surface area contributed by atoms with Crippen molar-refractivity contribution < 1.29 is 9.53 Å². The Bertz CT molecular complexity index is 826. The summed E-state index contributed by atoms with van der Waals surface area (Å²) in [6.07, 6.45) is 2.70. The molecule has 1 fully saturated rings. The summed E-state index contributed by atoms with van der Waals surface area (Å²) in [7, 11) is 0. The Morgan fingerprint density at radius 1 is 1.17 bits per heavy atom. The van der Waals surface area contributed by atoms with Gasteiger partial charge in [0.1, 0.15) is 5.75 Å². The summed E-state index contributed by atoms with van der Waals surface area (Å²) < 4.78 is 6.01. The average Bonchev–Trinajstić information content (AvgIpc) is 2.71. The van der Waals surface area contributed by atoms with E-state index in [2.05, 4.69) is 47.5 Å². The minimum absolute atomic E-state index is 0.0660. The van der Waals surface area contributed by atoms with E-state index >= 15 is 0 Å². The Balaban J connectivity index is 1.60. The van der Waals surface area contributed by atoms with Crippen LogP contribution in [0, 0.1) is 19.8 Å². The van der Waals surface area contributed by atoms with Crippen LogP contribution in [0.5, 0.6) is 5.75 Å². The molecule has 2 aromatic rings. The van der Waals surface area contributed by atoms with E-state index in [9.17, 15) is 4.79 Å². The maximum atomic E-state index is 12.8. The third-order valence-electron chi connectivity index (χ3n) is 5.91. The minimum atomic E-state index is -0.497. The lowest BCUT2D eigenvalue weighted by molar-refractivity contribution is -0.128. The number of nitrogens with zero attached hydrogens (tertiary/aromatic N) is 1. The summed E-state index contributed by atoms with van der Waals surface area (Å²) in [6.45, 7) is 12.7. The number of anilines is 1. The zero-order valence-electron chi connectivity index (χ0n) is 19.1. The second-order valence-electron chi connectivity index (χ2n) is 8.85. The van der Waals surface area contributed by atoms with Crippen molar-refractivity contribution in [1.82, 2.24) is 5.32 Å². The predicted octanol–water partition coefficient (Wildman–Crippen LogP) is 5.57. The number of ether oxygens (including phenoxy) is 1. The van der Waals surface area contributed by atoms with Gasteiger partial charge in [-0.1, -0.05) is 32.0 Å². The first-order valence-electron chi connectivity index (χ1n) is 11.3. The van der Waals surface area contributed by atoms with Gasteiger partial charge in [0, 0.05) is 18.8 Å². The van der Waals surface area contributed by atoms with E-state index in [1.165, 1.54) is 18.5 Å². The minimum Gasteiger partial charge on any atom is -0.481 e. The Hall–Kier alpha value is -2.49. The Labute approximate surface area is 181 Å². The molecule has 1 aliphatic heterocycles. The summed E-state index contributed by atoms with van der Waals surface area (Å²) >= 11 is 0. The summed E-state index contributed by atoms with van der Waals surface area (Å²) in [5.74, 6) is 1.43. The highest BCUT2D eigenvalue weighted by atomic mass is 16.5. The van der Waals surface area contributed by atoms with Crippen molar-refractivity contribution in [3.8, 4) is 5.75 Å². The monoisotopic (exact) mass is 408 g/mol. The van der Waals surface area contributed by atoms with Gasteiger partial charge in [-0.2, -0.15) is 0 Å². The molecule has 0 saturated carbocycles. The number of piperidine rings is 1. The van der Waals surface area contributed by atoms with Crippen LogP contribution < -0.4 is 15.0 Å². The summed E-state index contributed by atoms with van der Waals surface area (Å²) in [6, 6.07) is 14.6. The number of benzene rings is 2. The number of carbonyl (C=O) groups is 1. The first kappa shape index (κ1) is 22.2. The van der Waals surface area contributed by atoms with Crippen molar-refractivity contribution in [1.29, 1.82) is 0 Å². The third-order valence-corrected chi connectivity index (χ3v) is 5.91. The van der Waals surface area contributed by atoms with Crippen molar-refractivity contribution >= 4 is 11.6 Å². The van der Waals surface area contributed by atoms with E-state index in [0.717, 1.165) is 41.4 Å². The van der Waals surface area contributed by atoms with Crippen LogP contribution in [0.1, 0.15) is 62.8 Å². The van der Waals surface area contributed by atoms with Gasteiger partial charge in [0.15, 0.2) is 6.10 Å². The molecule has 1 amide bonds. The quantitative estimate of drug-likeness (QED) is 0.651. The fourth-order valence-corrected chi connectivity index (χ4v) is 4.27. The third kappa shape index (κ3) is 5.78.